The van der Waals surface area contributed by atoms with E-state index in [-0.39, 0.29) is 20.4 Å². The molecule has 0 spiro atoms. The summed E-state index contributed by atoms with van der Waals surface area (Å²) in [5, 5.41) is 7.36. The van der Waals surface area contributed by atoms with Crippen LogP contribution < -0.4 is 4.74 Å². The minimum Gasteiger partial charge on any atom is -0.509 e. The van der Waals surface area contributed by atoms with E-state index in [2.05, 4.69) is 126 Å². The van der Waals surface area contributed by atoms with E-state index >= 15 is 0 Å². The number of aromatic nitrogens is 4. The zero-order chi connectivity index (χ0) is 33.5. The van der Waals surface area contributed by atoms with E-state index in [1.807, 2.05) is 23.0 Å². The van der Waals surface area contributed by atoms with Crippen LogP contribution in [-0.2, 0) is 46.1 Å². The van der Waals surface area contributed by atoms with Crippen LogP contribution in [0.5, 0.6) is 11.5 Å². The maximum atomic E-state index is 6.58. The Morgan fingerprint density at radius 3 is 2.10 bits per heavy atom. The fourth-order valence-electron chi connectivity index (χ4n) is 7.05. The number of aryl methyl sites for hydroxylation is 6. The van der Waals surface area contributed by atoms with Gasteiger partial charge >= 0.3 is 20.4 Å². The van der Waals surface area contributed by atoms with Crippen molar-refractivity contribution < 1.29 is 25.2 Å². The third-order valence-electron chi connectivity index (χ3n) is 9.51. The first kappa shape index (κ1) is 34.4. The van der Waals surface area contributed by atoms with Crippen molar-refractivity contribution >= 4 is 21.8 Å². The molecular weight excluding hydrogens is 695 g/mol. The maximum Gasteiger partial charge on any atom is 2.00 e. The molecule has 0 saturated carbocycles. The van der Waals surface area contributed by atoms with E-state index in [1.165, 1.54) is 27.8 Å². The monoisotopic (exact) mass is 736 g/mol. The van der Waals surface area contributed by atoms with Gasteiger partial charge in [0.05, 0.1) is 5.69 Å². The summed E-state index contributed by atoms with van der Waals surface area (Å²) >= 11 is 0. The van der Waals surface area contributed by atoms with Crippen LogP contribution >= 0.6 is 0 Å². The molecular formula is C43H42N4OPd. The molecule has 0 unspecified atom stereocenters. The topological polar surface area (TPSA) is 44.9 Å². The van der Waals surface area contributed by atoms with Gasteiger partial charge in [0, 0.05) is 34.5 Å². The third kappa shape index (κ3) is 6.25. The van der Waals surface area contributed by atoms with Crippen molar-refractivity contribution in [2.24, 2.45) is 0 Å². The fourth-order valence-corrected chi connectivity index (χ4v) is 7.05. The average molecular weight is 737 g/mol. The van der Waals surface area contributed by atoms with Crippen LogP contribution in [0.2, 0.25) is 0 Å². The number of hydrogen-bond acceptors (Lipinski definition) is 3. The van der Waals surface area contributed by atoms with E-state index in [4.69, 9.17) is 14.8 Å². The smallest absolute Gasteiger partial charge is 0.509 e. The number of fused-ring (bicyclic) bond motifs is 3. The molecule has 0 aliphatic heterocycles. The van der Waals surface area contributed by atoms with Gasteiger partial charge in [-0.15, -0.1) is 35.7 Å². The molecule has 6 heteroatoms. The Balaban J connectivity index is 0.00000417. The summed E-state index contributed by atoms with van der Waals surface area (Å²) in [5.74, 6) is 2.12. The Morgan fingerprint density at radius 1 is 0.694 bits per heavy atom. The number of pyridine rings is 1. The third-order valence-corrected chi connectivity index (χ3v) is 9.51. The van der Waals surface area contributed by atoms with E-state index in [0.29, 0.717) is 11.5 Å². The van der Waals surface area contributed by atoms with E-state index in [9.17, 15) is 0 Å². The SMILES string of the molecule is CCc1cc(Oc2[c-]c3c(cc2)c2ccccc2n3-c2cc(C)ccn2)[c-]c(-n2nc(C)c(-c3c(CC)cc(CC)cc3CC)c2C)c1.[Pd+2]. The predicted octanol–water partition coefficient (Wildman–Crippen LogP) is 10.6. The largest absolute Gasteiger partial charge is 2.00 e. The van der Waals surface area contributed by atoms with E-state index < -0.39 is 0 Å². The summed E-state index contributed by atoms with van der Waals surface area (Å²) in [6.45, 7) is 15.3. The van der Waals surface area contributed by atoms with Crippen molar-refractivity contribution in [1.29, 1.82) is 0 Å². The van der Waals surface area contributed by atoms with Crippen molar-refractivity contribution in [3.63, 3.8) is 0 Å². The standard InChI is InChI=1S/C43H42N4O.Pd/c1-8-30-21-32(10-3)43(33(11-4)22-30)42-28(6)45-47(29(42)7)34-23-31(9-2)24-36(25-34)48-35-16-17-38-37-14-12-13-15-39(37)46(40(38)26-35)41-20-27(5)18-19-44-41;/h12-24H,8-11H2,1-7H3;/q-2;+2. The molecule has 0 N–H and O–H groups in total. The van der Waals surface area contributed by atoms with Gasteiger partial charge in [0.15, 0.2) is 0 Å². The molecule has 3 aromatic heterocycles. The van der Waals surface area contributed by atoms with Crippen LogP contribution in [-0.4, -0.2) is 19.3 Å². The van der Waals surface area contributed by atoms with Crippen molar-refractivity contribution in [1.82, 2.24) is 19.3 Å². The molecule has 0 aliphatic rings. The van der Waals surface area contributed by atoms with Gasteiger partial charge in [-0.05, 0) is 97.1 Å². The molecule has 7 aromatic rings. The first-order valence-corrected chi connectivity index (χ1v) is 17.2. The van der Waals surface area contributed by atoms with Crippen molar-refractivity contribution in [3.05, 3.63) is 130 Å². The van der Waals surface area contributed by atoms with Gasteiger partial charge in [0.1, 0.15) is 5.82 Å². The summed E-state index contributed by atoms with van der Waals surface area (Å²) in [6, 6.07) is 32.8. The van der Waals surface area contributed by atoms with Crippen LogP contribution in [0.25, 0.3) is 44.4 Å². The summed E-state index contributed by atoms with van der Waals surface area (Å²) < 4.78 is 10.8. The molecule has 0 bridgehead atoms. The Kier molecular flexibility index (Phi) is 9.93. The molecule has 250 valence electrons. The van der Waals surface area contributed by atoms with Crippen LogP contribution in [0.1, 0.15) is 66.9 Å². The zero-order valence-corrected chi connectivity index (χ0v) is 30.9. The Hall–Kier alpha value is -4.50. The normalized spacial score (nSPS) is 11.3. The second-order valence-electron chi connectivity index (χ2n) is 12.6. The van der Waals surface area contributed by atoms with Gasteiger partial charge in [0.25, 0.3) is 0 Å². The molecule has 7 rings (SSSR count). The second-order valence-corrected chi connectivity index (χ2v) is 12.6. The van der Waals surface area contributed by atoms with Gasteiger partial charge in [-0.25, -0.2) is 4.98 Å². The number of ether oxygens (including phenoxy) is 1. The predicted molar refractivity (Wildman–Crippen MR) is 197 cm³/mol. The summed E-state index contributed by atoms with van der Waals surface area (Å²) in [7, 11) is 0. The molecule has 0 aliphatic carbocycles. The molecule has 0 saturated heterocycles. The second kappa shape index (κ2) is 14.2. The number of nitrogens with zero attached hydrogens (tertiary/aromatic N) is 4. The maximum absolute atomic E-state index is 6.58. The van der Waals surface area contributed by atoms with Crippen molar-refractivity contribution in [3.8, 4) is 34.1 Å². The number of rotatable bonds is 9. The number of benzene rings is 4. The molecule has 5 nitrogen and oxygen atoms in total. The van der Waals surface area contributed by atoms with Crippen LogP contribution in [0.4, 0.5) is 0 Å². The zero-order valence-electron chi connectivity index (χ0n) is 29.3. The fraction of sp³-hybridized carbons (Fsp3) is 0.256. The number of para-hydroxylation sites is 1. The minimum absolute atomic E-state index is 0. The molecule has 49 heavy (non-hydrogen) atoms. The Labute approximate surface area is 303 Å². The molecule has 0 atom stereocenters. The first-order valence-electron chi connectivity index (χ1n) is 17.2. The minimum atomic E-state index is 0. The van der Waals surface area contributed by atoms with Crippen LogP contribution in [0.15, 0.2) is 79.0 Å². The van der Waals surface area contributed by atoms with Crippen LogP contribution in [0.3, 0.4) is 0 Å². The summed E-state index contributed by atoms with van der Waals surface area (Å²) in [4.78, 5) is 4.72. The molecule has 4 aromatic carbocycles. The Morgan fingerprint density at radius 2 is 1.41 bits per heavy atom. The van der Waals surface area contributed by atoms with Gasteiger partial charge in [-0.1, -0.05) is 70.0 Å². The van der Waals surface area contributed by atoms with Gasteiger partial charge in [-0.3, -0.25) is 4.68 Å². The van der Waals surface area contributed by atoms with Gasteiger partial charge in [-0.2, -0.15) is 16.7 Å². The van der Waals surface area contributed by atoms with E-state index in [0.717, 1.165) is 81.5 Å². The molecule has 0 radical (unpaired) electrons. The average Bonchev–Trinajstić information content (AvgIpc) is 3.59. The molecule has 3 heterocycles. The van der Waals surface area contributed by atoms with Gasteiger partial charge < -0.3 is 9.30 Å². The Bertz CT molecular complexity index is 2290. The molecule has 0 fully saturated rings. The summed E-state index contributed by atoms with van der Waals surface area (Å²) in [6.07, 6.45) is 5.72. The molecule has 0 amide bonds. The van der Waals surface area contributed by atoms with Crippen molar-refractivity contribution in [2.75, 3.05) is 0 Å². The number of hydrogen-bond donors (Lipinski definition) is 0. The summed E-state index contributed by atoms with van der Waals surface area (Å²) in [5.41, 5.74) is 14.0. The van der Waals surface area contributed by atoms with E-state index in [1.54, 1.807) is 0 Å². The van der Waals surface area contributed by atoms with Crippen molar-refractivity contribution in [2.45, 2.75) is 74.1 Å². The first-order chi connectivity index (χ1) is 23.3. The van der Waals surface area contributed by atoms with Crippen LogP contribution in [0, 0.1) is 32.9 Å². The quantitative estimate of drug-likeness (QED) is 0.109. The van der Waals surface area contributed by atoms with Gasteiger partial charge in [0.2, 0.25) is 0 Å².